The lowest BCUT2D eigenvalue weighted by Crippen LogP contribution is -2.38. The monoisotopic (exact) mass is 224 g/mol. The first kappa shape index (κ1) is 11.1. The molecule has 0 amide bonds. The number of aromatic nitrogens is 1. The summed E-state index contributed by atoms with van der Waals surface area (Å²) in [5.74, 6) is 0.207. The Hall–Kier alpha value is -1.36. The molecular formula is C11H16N2O3. The van der Waals surface area contributed by atoms with Gasteiger partial charge in [-0.25, -0.2) is 4.98 Å². The van der Waals surface area contributed by atoms with Crippen LogP contribution in [0.3, 0.4) is 0 Å². The number of aryl methyl sites for hydroxylation is 1. The summed E-state index contributed by atoms with van der Waals surface area (Å²) >= 11 is 0. The third-order valence-corrected chi connectivity index (χ3v) is 2.85. The SMILES string of the molecule is Cc1coc(C2CCCN(CC(=O)O)C2)n1. The van der Waals surface area contributed by atoms with E-state index in [2.05, 4.69) is 4.98 Å². The minimum Gasteiger partial charge on any atom is -0.480 e. The average molecular weight is 224 g/mol. The number of hydrogen-bond acceptors (Lipinski definition) is 4. The first-order valence-corrected chi connectivity index (χ1v) is 5.51. The van der Waals surface area contributed by atoms with Crippen LogP contribution in [-0.4, -0.2) is 40.6 Å². The van der Waals surface area contributed by atoms with Gasteiger partial charge in [-0.2, -0.15) is 0 Å². The predicted molar refractivity (Wildman–Crippen MR) is 57.3 cm³/mol. The van der Waals surface area contributed by atoms with Gasteiger partial charge in [-0.1, -0.05) is 0 Å². The van der Waals surface area contributed by atoms with E-state index in [4.69, 9.17) is 9.52 Å². The fraction of sp³-hybridized carbons (Fsp3) is 0.636. The molecule has 1 fully saturated rings. The summed E-state index contributed by atoms with van der Waals surface area (Å²) in [7, 11) is 0. The van der Waals surface area contributed by atoms with Crippen molar-refractivity contribution in [3.63, 3.8) is 0 Å². The highest BCUT2D eigenvalue weighted by Gasteiger charge is 2.25. The van der Waals surface area contributed by atoms with Crippen LogP contribution in [0.4, 0.5) is 0 Å². The lowest BCUT2D eigenvalue weighted by atomic mass is 9.98. The molecule has 5 heteroatoms. The standard InChI is InChI=1S/C11H16N2O3/c1-8-7-16-11(12-8)9-3-2-4-13(5-9)6-10(14)15/h7,9H,2-6H2,1H3,(H,14,15). The second-order valence-corrected chi connectivity index (χ2v) is 4.30. The van der Waals surface area contributed by atoms with Crippen molar-refractivity contribution in [3.05, 3.63) is 17.8 Å². The maximum Gasteiger partial charge on any atom is 0.317 e. The van der Waals surface area contributed by atoms with Crippen LogP contribution in [0.5, 0.6) is 0 Å². The van der Waals surface area contributed by atoms with E-state index in [1.165, 1.54) is 0 Å². The summed E-state index contributed by atoms with van der Waals surface area (Å²) in [5, 5.41) is 8.75. The van der Waals surface area contributed by atoms with Gasteiger partial charge in [-0.15, -0.1) is 0 Å². The molecule has 0 bridgehead atoms. The molecule has 88 valence electrons. The summed E-state index contributed by atoms with van der Waals surface area (Å²) in [4.78, 5) is 16.9. The van der Waals surface area contributed by atoms with Crippen molar-refractivity contribution in [3.8, 4) is 0 Å². The Labute approximate surface area is 94.1 Å². The molecule has 0 aliphatic carbocycles. The smallest absolute Gasteiger partial charge is 0.317 e. The van der Waals surface area contributed by atoms with Gasteiger partial charge in [0.25, 0.3) is 0 Å². The molecule has 0 spiro atoms. The Kier molecular flexibility index (Phi) is 3.24. The Morgan fingerprint density at radius 1 is 1.75 bits per heavy atom. The van der Waals surface area contributed by atoms with Crippen LogP contribution in [0, 0.1) is 6.92 Å². The quantitative estimate of drug-likeness (QED) is 0.836. The van der Waals surface area contributed by atoms with E-state index >= 15 is 0 Å². The van der Waals surface area contributed by atoms with Crippen molar-refractivity contribution in [1.29, 1.82) is 0 Å². The highest BCUT2D eigenvalue weighted by atomic mass is 16.4. The predicted octanol–water partition coefficient (Wildman–Crippen LogP) is 1.25. The van der Waals surface area contributed by atoms with Gasteiger partial charge in [0.05, 0.1) is 12.2 Å². The lowest BCUT2D eigenvalue weighted by molar-refractivity contribution is -0.138. The number of nitrogens with zero attached hydrogens (tertiary/aromatic N) is 2. The fourth-order valence-corrected chi connectivity index (χ4v) is 2.15. The third kappa shape index (κ3) is 2.61. The molecule has 2 rings (SSSR count). The first-order valence-electron chi connectivity index (χ1n) is 5.51. The molecule has 0 saturated carbocycles. The van der Waals surface area contributed by atoms with Gasteiger partial charge in [0.15, 0.2) is 5.89 Å². The fourth-order valence-electron chi connectivity index (χ4n) is 2.15. The minimum atomic E-state index is -0.774. The van der Waals surface area contributed by atoms with Crippen molar-refractivity contribution in [2.75, 3.05) is 19.6 Å². The van der Waals surface area contributed by atoms with Gasteiger partial charge < -0.3 is 9.52 Å². The molecule has 0 aromatic carbocycles. The molecule has 1 aromatic heterocycles. The van der Waals surface area contributed by atoms with E-state index in [9.17, 15) is 4.79 Å². The minimum absolute atomic E-state index is 0.107. The molecule has 1 aromatic rings. The van der Waals surface area contributed by atoms with Crippen molar-refractivity contribution >= 4 is 5.97 Å². The largest absolute Gasteiger partial charge is 0.480 e. The number of aliphatic carboxylic acids is 1. The Morgan fingerprint density at radius 3 is 3.19 bits per heavy atom. The number of carbonyl (C=O) groups is 1. The Balaban J connectivity index is 1.99. The molecule has 1 saturated heterocycles. The summed E-state index contributed by atoms with van der Waals surface area (Å²) in [6.07, 6.45) is 3.67. The van der Waals surface area contributed by atoms with Crippen molar-refractivity contribution < 1.29 is 14.3 Å². The Bertz CT molecular complexity index is 375. The summed E-state index contributed by atoms with van der Waals surface area (Å²) in [6, 6.07) is 0. The number of oxazole rings is 1. The number of likely N-dealkylation sites (tertiary alicyclic amines) is 1. The molecule has 1 unspecified atom stereocenters. The maximum atomic E-state index is 10.6. The molecule has 1 aliphatic rings. The van der Waals surface area contributed by atoms with E-state index in [-0.39, 0.29) is 12.5 Å². The number of hydrogen-bond donors (Lipinski definition) is 1. The van der Waals surface area contributed by atoms with Gasteiger partial charge in [-0.05, 0) is 26.3 Å². The van der Waals surface area contributed by atoms with E-state index in [0.29, 0.717) is 0 Å². The molecule has 1 atom stereocenters. The first-order chi connectivity index (χ1) is 7.65. The summed E-state index contributed by atoms with van der Waals surface area (Å²) in [5.41, 5.74) is 0.880. The third-order valence-electron chi connectivity index (χ3n) is 2.85. The van der Waals surface area contributed by atoms with E-state index in [1.54, 1.807) is 6.26 Å². The molecule has 16 heavy (non-hydrogen) atoms. The number of carboxylic acid groups (broad SMARTS) is 1. The van der Waals surface area contributed by atoms with Crippen LogP contribution < -0.4 is 0 Å². The molecule has 0 radical (unpaired) electrons. The highest BCUT2D eigenvalue weighted by molar-refractivity contribution is 5.69. The van der Waals surface area contributed by atoms with Crippen LogP contribution in [0.1, 0.15) is 30.3 Å². The molecule has 1 aliphatic heterocycles. The van der Waals surface area contributed by atoms with Crippen LogP contribution >= 0.6 is 0 Å². The van der Waals surface area contributed by atoms with E-state index in [0.717, 1.165) is 37.5 Å². The number of carboxylic acids is 1. The van der Waals surface area contributed by atoms with Gasteiger partial charge in [0.1, 0.15) is 6.26 Å². The van der Waals surface area contributed by atoms with Crippen molar-refractivity contribution in [2.45, 2.75) is 25.7 Å². The van der Waals surface area contributed by atoms with Crippen molar-refractivity contribution in [1.82, 2.24) is 9.88 Å². The second-order valence-electron chi connectivity index (χ2n) is 4.30. The zero-order valence-corrected chi connectivity index (χ0v) is 9.35. The van der Waals surface area contributed by atoms with Crippen LogP contribution in [0.15, 0.2) is 10.7 Å². The highest BCUT2D eigenvalue weighted by Crippen LogP contribution is 2.25. The zero-order chi connectivity index (χ0) is 11.5. The molecule has 2 heterocycles. The van der Waals surface area contributed by atoms with Crippen LogP contribution in [-0.2, 0) is 4.79 Å². The maximum absolute atomic E-state index is 10.6. The molecular weight excluding hydrogens is 208 g/mol. The number of piperidine rings is 1. The average Bonchev–Trinajstić information content (AvgIpc) is 2.64. The van der Waals surface area contributed by atoms with Gasteiger partial charge >= 0.3 is 5.97 Å². The van der Waals surface area contributed by atoms with Crippen LogP contribution in [0.25, 0.3) is 0 Å². The van der Waals surface area contributed by atoms with Gasteiger partial charge in [0, 0.05) is 12.5 Å². The normalized spacial score (nSPS) is 22.2. The number of rotatable bonds is 3. The Morgan fingerprint density at radius 2 is 2.56 bits per heavy atom. The summed E-state index contributed by atoms with van der Waals surface area (Å²) < 4.78 is 5.37. The second kappa shape index (κ2) is 4.65. The summed E-state index contributed by atoms with van der Waals surface area (Å²) in [6.45, 7) is 3.58. The van der Waals surface area contributed by atoms with E-state index in [1.807, 2.05) is 11.8 Å². The van der Waals surface area contributed by atoms with Gasteiger partial charge in [-0.3, -0.25) is 9.69 Å². The van der Waals surface area contributed by atoms with Crippen molar-refractivity contribution in [2.24, 2.45) is 0 Å². The van der Waals surface area contributed by atoms with E-state index < -0.39 is 5.97 Å². The van der Waals surface area contributed by atoms with Gasteiger partial charge in [0.2, 0.25) is 0 Å². The topological polar surface area (TPSA) is 66.6 Å². The molecule has 5 nitrogen and oxygen atoms in total. The van der Waals surface area contributed by atoms with Crippen LogP contribution in [0.2, 0.25) is 0 Å². The zero-order valence-electron chi connectivity index (χ0n) is 9.35. The molecule has 1 N–H and O–H groups in total. The lowest BCUT2D eigenvalue weighted by Gasteiger charge is -2.29.